The van der Waals surface area contributed by atoms with Crippen LogP contribution in [-0.2, 0) is 11.3 Å². The van der Waals surface area contributed by atoms with E-state index in [1.54, 1.807) is 23.7 Å². The van der Waals surface area contributed by atoms with Crippen molar-refractivity contribution in [3.63, 3.8) is 0 Å². The molecule has 0 N–H and O–H groups in total. The summed E-state index contributed by atoms with van der Waals surface area (Å²) < 4.78 is 13.1. The standard InChI is InChI=1S/C13H10BrClN2O3/c1-2-19-13(18)10-5-11-17(16-10)6-7-3-8(15)4-9(14)12(7)20-11/h3-5H,2,6H2,1H3. The van der Waals surface area contributed by atoms with E-state index < -0.39 is 5.97 Å². The molecule has 1 aromatic heterocycles. The third kappa shape index (κ3) is 2.29. The first-order valence-electron chi connectivity index (χ1n) is 5.99. The number of carbonyl (C=O) groups excluding carboxylic acids is 1. The summed E-state index contributed by atoms with van der Waals surface area (Å²) in [4.78, 5) is 11.7. The van der Waals surface area contributed by atoms with Crippen LogP contribution in [-0.4, -0.2) is 22.4 Å². The van der Waals surface area contributed by atoms with Crippen molar-refractivity contribution in [2.75, 3.05) is 6.61 Å². The maximum Gasteiger partial charge on any atom is 0.358 e. The lowest BCUT2D eigenvalue weighted by Crippen LogP contribution is -2.12. The van der Waals surface area contributed by atoms with E-state index in [0.29, 0.717) is 29.8 Å². The van der Waals surface area contributed by atoms with Crippen molar-refractivity contribution < 1.29 is 14.3 Å². The van der Waals surface area contributed by atoms with Crippen molar-refractivity contribution in [2.24, 2.45) is 0 Å². The number of esters is 1. The predicted octanol–water partition coefficient (Wildman–Crippen LogP) is 3.63. The molecule has 0 amide bonds. The van der Waals surface area contributed by atoms with Crippen molar-refractivity contribution in [1.82, 2.24) is 9.78 Å². The van der Waals surface area contributed by atoms with Gasteiger partial charge in [0.2, 0.25) is 5.88 Å². The Morgan fingerprint density at radius 1 is 1.55 bits per heavy atom. The highest BCUT2D eigenvalue weighted by atomic mass is 79.9. The number of halogens is 2. The van der Waals surface area contributed by atoms with E-state index in [2.05, 4.69) is 21.0 Å². The summed E-state index contributed by atoms with van der Waals surface area (Å²) in [7, 11) is 0. The minimum absolute atomic E-state index is 0.233. The lowest BCUT2D eigenvalue weighted by Gasteiger charge is -2.19. The average Bonchev–Trinajstić information content (AvgIpc) is 2.79. The van der Waals surface area contributed by atoms with Crippen molar-refractivity contribution >= 4 is 33.5 Å². The first kappa shape index (κ1) is 13.5. The SMILES string of the molecule is CCOC(=O)c1cc2n(n1)Cc1cc(Cl)cc(Br)c1O2. The van der Waals surface area contributed by atoms with Crippen LogP contribution in [0.3, 0.4) is 0 Å². The van der Waals surface area contributed by atoms with E-state index in [0.717, 1.165) is 10.0 Å². The molecule has 0 saturated heterocycles. The van der Waals surface area contributed by atoms with Crippen molar-refractivity contribution in [3.05, 3.63) is 39.0 Å². The van der Waals surface area contributed by atoms with Gasteiger partial charge in [-0.05, 0) is 35.0 Å². The van der Waals surface area contributed by atoms with Gasteiger partial charge < -0.3 is 9.47 Å². The first-order chi connectivity index (χ1) is 9.58. The first-order valence-corrected chi connectivity index (χ1v) is 7.16. The van der Waals surface area contributed by atoms with E-state index >= 15 is 0 Å². The Morgan fingerprint density at radius 2 is 2.35 bits per heavy atom. The fourth-order valence-corrected chi connectivity index (χ4v) is 2.97. The molecule has 1 aliphatic rings. The number of aromatic nitrogens is 2. The van der Waals surface area contributed by atoms with Crippen molar-refractivity contribution in [2.45, 2.75) is 13.5 Å². The van der Waals surface area contributed by atoms with E-state index in [-0.39, 0.29) is 5.69 Å². The minimum Gasteiger partial charge on any atom is -0.461 e. The summed E-state index contributed by atoms with van der Waals surface area (Å²) in [6.45, 7) is 2.55. The molecule has 0 spiro atoms. The Balaban J connectivity index is 1.97. The third-order valence-electron chi connectivity index (χ3n) is 2.84. The van der Waals surface area contributed by atoms with Gasteiger partial charge in [0.1, 0.15) is 5.75 Å². The number of nitrogens with zero attached hydrogens (tertiary/aromatic N) is 2. The number of rotatable bonds is 2. The maximum absolute atomic E-state index is 11.7. The van der Waals surface area contributed by atoms with Gasteiger partial charge in [0.15, 0.2) is 5.69 Å². The highest BCUT2D eigenvalue weighted by molar-refractivity contribution is 9.10. The molecule has 0 radical (unpaired) electrons. The Kier molecular flexibility index (Phi) is 3.43. The number of hydrogen-bond donors (Lipinski definition) is 0. The Bertz CT molecular complexity index is 699. The number of carbonyl (C=O) groups is 1. The van der Waals surface area contributed by atoms with E-state index in [4.69, 9.17) is 21.1 Å². The topological polar surface area (TPSA) is 53.4 Å². The second kappa shape index (κ2) is 5.10. The van der Waals surface area contributed by atoms with Crippen LogP contribution >= 0.6 is 27.5 Å². The molecule has 2 aromatic rings. The molecule has 3 rings (SSSR count). The third-order valence-corrected chi connectivity index (χ3v) is 3.65. The van der Waals surface area contributed by atoms with Gasteiger partial charge >= 0.3 is 5.97 Å². The molecule has 0 unspecified atom stereocenters. The van der Waals surface area contributed by atoms with Gasteiger partial charge in [-0.15, -0.1) is 0 Å². The summed E-state index contributed by atoms with van der Waals surface area (Å²) >= 11 is 9.43. The maximum atomic E-state index is 11.7. The summed E-state index contributed by atoms with van der Waals surface area (Å²) in [6.07, 6.45) is 0. The summed E-state index contributed by atoms with van der Waals surface area (Å²) in [5.74, 6) is 0.736. The number of hydrogen-bond acceptors (Lipinski definition) is 4. The van der Waals surface area contributed by atoms with Crippen LogP contribution in [0.4, 0.5) is 0 Å². The van der Waals surface area contributed by atoms with Gasteiger partial charge in [-0.1, -0.05) is 11.6 Å². The quantitative estimate of drug-likeness (QED) is 0.657. The molecule has 104 valence electrons. The highest BCUT2D eigenvalue weighted by Gasteiger charge is 2.24. The van der Waals surface area contributed by atoms with E-state index in [9.17, 15) is 4.79 Å². The van der Waals surface area contributed by atoms with Gasteiger partial charge in [0.25, 0.3) is 0 Å². The zero-order chi connectivity index (χ0) is 14.3. The Morgan fingerprint density at radius 3 is 3.10 bits per heavy atom. The normalized spacial score (nSPS) is 12.3. The smallest absolute Gasteiger partial charge is 0.358 e. The van der Waals surface area contributed by atoms with Crippen LogP contribution < -0.4 is 4.74 Å². The molecule has 0 bridgehead atoms. The molecule has 7 heteroatoms. The second-order valence-corrected chi connectivity index (χ2v) is 5.51. The van der Waals surface area contributed by atoms with Gasteiger partial charge in [0.05, 0.1) is 17.6 Å². The van der Waals surface area contributed by atoms with E-state index in [1.165, 1.54) is 0 Å². The minimum atomic E-state index is -0.459. The Hall–Kier alpha value is -1.53. The highest BCUT2D eigenvalue weighted by Crippen LogP contribution is 2.39. The molecule has 1 aliphatic heterocycles. The largest absolute Gasteiger partial charge is 0.461 e. The zero-order valence-electron chi connectivity index (χ0n) is 10.5. The van der Waals surface area contributed by atoms with Crippen LogP contribution in [0.15, 0.2) is 22.7 Å². The molecule has 5 nitrogen and oxygen atoms in total. The molecule has 20 heavy (non-hydrogen) atoms. The molecule has 0 atom stereocenters. The summed E-state index contributed by atoms with van der Waals surface area (Å²) in [6, 6.07) is 5.15. The van der Waals surface area contributed by atoms with Gasteiger partial charge in [-0.3, -0.25) is 0 Å². The van der Waals surface area contributed by atoms with Crippen LogP contribution in [0, 0.1) is 0 Å². The summed E-state index contributed by atoms with van der Waals surface area (Å²) in [5, 5.41) is 4.80. The molecule has 0 fully saturated rings. The molecule has 2 heterocycles. The fourth-order valence-electron chi connectivity index (χ4n) is 2.01. The van der Waals surface area contributed by atoms with Crippen molar-refractivity contribution in [1.29, 1.82) is 0 Å². The lowest BCUT2D eigenvalue weighted by molar-refractivity contribution is 0.0518. The van der Waals surface area contributed by atoms with E-state index in [1.807, 2.05) is 6.07 Å². The van der Waals surface area contributed by atoms with Gasteiger partial charge in [-0.2, -0.15) is 5.10 Å². The lowest BCUT2D eigenvalue weighted by atomic mass is 10.2. The van der Waals surface area contributed by atoms with Gasteiger partial charge in [0, 0.05) is 16.7 Å². The number of benzene rings is 1. The van der Waals surface area contributed by atoms with Crippen LogP contribution in [0.25, 0.3) is 0 Å². The van der Waals surface area contributed by atoms with Crippen LogP contribution in [0.2, 0.25) is 5.02 Å². The summed E-state index contributed by atoms with van der Waals surface area (Å²) in [5.41, 5.74) is 1.13. The average molecular weight is 358 g/mol. The number of fused-ring (bicyclic) bond motifs is 2. The molecule has 0 aliphatic carbocycles. The predicted molar refractivity (Wildman–Crippen MR) is 76.5 cm³/mol. The van der Waals surface area contributed by atoms with Crippen molar-refractivity contribution in [3.8, 4) is 11.6 Å². The molecular weight excluding hydrogens is 348 g/mol. The monoisotopic (exact) mass is 356 g/mol. The second-order valence-electron chi connectivity index (χ2n) is 4.22. The van der Waals surface area contributed by atoms with Gasteiger partial charge in [-0.25, -0.2) is 9.48 Å². The van der Waals surface area contributed by atoms with Crippen LogP contribution in [0.1, 0.15) is 23.0 Å². The molecule has 0 saturated carbocycles. The number of ether oxygens (including phenoxy) is 2. The Labute approximate surface area is 128 Å². The molecule has 1 aromatic carbocycles. The van der Waals surface area contributed by atoms with Crippen LogP contribution in [0.5, 0.6) is 11.6 Å². The fraction of sp³-hybridized carbons (Fsp3) is 0.231. The molecular formula is C13H10BrClN2O3. The zero-order valence-corrected chi connectivity index (χ0v) is 12.9.